The molecule has 32 heavy (non-hydrogen) atoms. The van der Waals surface area contributed by atoms with Crippen molar-refractivity contribution in [1.29, 1.82) is 5.41 Å². The number of halogens is 1. The Morgan fingerprint density at radius 2 is 2.00 bits per heavy atom. The third-order valence-electron chi connectivity index (χ3n) is 5.30. The SMILES string of the molecule is COc1ccc(-c2csc(Nc3ccc(F)c(C4(C)CS(=O)(=O)N(C)C(=N)N4)c3)n2)cc1. The fourth-order valence-electron chi connectivity index (χ4n) is 3.50. The normalized spacial score (nSPS) is 20.0. The highest BCUT2D eigenvalue weighted by molar-refractivity contribution is 7.89. The lowest BCUT2D eigenvalue weighted by Gasteiger charge is -2.40. The molecule has 1 aliphatic heterocycles. The zero-order valence-electron chi connectivity index (χ0n) is 17.6. The molecule has 3 N–H and O–H groups in total. The van der Waals surface area contributed by atoms with Gasteiger partial charge in [-0.05, 0) is 49.4 Å². The van der Waals surface area contributed by atoms with E-state index in [0.29, 0.717) is 10.8 Å². The van der Waals surface area contributed by atoms with Gasteiger partial charge in [-0.25, -0.2) is 22.1 Å². The van der Waals surface area contributed by atoms with Crippen molar-refractivity contribution in [2.75, 3.05) is 25.2 Å². The van der Waals surface area contributed by atoms with Crippen LogP contribution in [0.1, 0.15) is 12.5 Å². The maximum atomic E-state index is 14.7. The minimum Gasteiger partial charge on any atom is -0.497 e. The molecule has 1 aliphatic rings. The number of ether oxygens (including phenoxy) is 1. The molecular formula is C21H22FN5O3S2. The molecule has 1 unspecified atom stereocenters. The van der Waals surface area contributed by atoms with Crippen LogP contribution >= 0.6 is 11.3 Å². The van der Waals surface area contributed by atoms with E-state index in [2.05, 4.69) is 15.6 Å². The van der Waals surface area contributed by atoms with Crippen molar-refractivity contribution in [2.24, 2.45) is 0 Å². The molecule has 1 aromatic heterocycles. The number of aromatic nitrogens is 1. The molecule has 1 atom stereocenters. The summed E-state index contributed by atoms with van der Waals surface area (Å²) in [6, 6.07) is 11.9. The fourth-order valence-corrected chi connectivity index (χ4v) is 5.71. The molecule has 0 saturated carbocycles. The predicted molar refractivity (Wildman–Crippen MR) is 124 cm³/mol. The standard InChI is InChI=1S/C21H22FN5O3S2/c1-21(12-32(28,29)27(2)19(23)26-21)16-10-14(6-9-17(16)22)24-20-25-18(11-31-20)13-4-7-15(30-3)8-5-13/h4-11H,12H2,1-3H3,(H2,23,26)(H,24,25). The average molecular weight is 476 g/mol. The summed E-state index contributed by atoms with van der Waals surface area (Å²) in [5.74, 6) is -0.484. The van der Waals surface area contributed by atoms with Crippen LogP contribution in [0.4, 0.5) is 15.2 Å². The molecule has 8 nitrogen and oxygen atoms in total. The second-order valence-electron chi connectivity index (χ2n) is 7.62. The highest BCUT2D eigenvalue weighted by Crippen LogP contribution is 2.33. The predicted octanol–water partition coefficient (Wildman–Crippen LogP) is 3.72. The van der Waals surface area contributed by atoms with Crippen LogP contribution in [0.3, 0.4) is 0 Å². The summed E-state index contributed by atoms with van der Waals surface area (Å²) in [4.78, 5) is 4.58. The third kappa shape index (κ3) is 4.13. The van der Waals surface area contributed by atoms with Crippen molar-refractivity contribution in [3.8, 4) is 17.0 Å². The minimum atomic E-state index is -3.75. The van der Waals surface area contributed by atoms with Crippen molar-refractivity contribution in [1.82, 2.24) is 14.6 Å². The molecule has 168 valence electrons. The summed E-state index contributed by atoms with van der Waals surface area (Å²) >= 11 is 1.39. The molecule has 2 aromatic carbocycles. The topological polar surface area (TPSA) is 107 Å². The fraction of sp³-hybridized carbons (Fsp3) is 0.238. The zero-order valence-corrected chi connectivity index (χ0v) is 19.3. The van der Waals surface area contributed by atoms with Gasteiger partial charge in [-0.15, -0.1) is 11.3 Å². The van der Waals surface area contributed by atoms with E-state index >= 15 is 0 Å². The van der Waals surface area contributed by atoms with Gasteiger partial charge in [0, 0.05) is 29.2 Å². The van der Waals surface area contributed by atoms with Gasteiger partial charge in [0.2, 0.25) is 16.0 Å². The molecule has 11 heteroatoms. The Morgan fingerprint density at radius 1 is 1.28 bits per heavy atom. The van der Waals surface area contributed by atoms with Gasteiger partial charge >= 0.3 is 0 Å². The van der Waals surface area contributed by atoms with Crippen LogP contribution in [0.15, 0.2) is 47.8 Å². The molecule has 0 radical (unpaired) electrons. The van der Waals surface area contributed by atoms with Crippen molar-refractivity contribution >= 4 is 38.1 Å². The summed E-state index contributed by atoms with van der Waals surface area (Å²) in [6.45, 7) is 1.57. The van der Waals surface area contributed by atoms with Crippen molar-refractivity contribution < 1.29 is 17.5 Å². The summed E-state index contributed by atoms with van der Waals surface area (Å²) in [5, 5.41) is 16.4. The number of anilines is 2. The van der Waals surface area contributed by atoms with Gasteiger partial charge < -0.3 is 15.4 Å². The highest BCUT2D eigenvalue weighted by Gasteiger charge is 2.43. The van der Waals surface area contributed by atoms with Gasteiger partial charge in [-0.2, -0.15) is 0 Å². The zero-order chi connectivity index (χ0) is 23.1. The van der Waals surface area contributed by atoms with E-state index in [-0.39, 0.29) is 17.3 Å². The van der Waals surface area contributed by atoms with Crippen LogP contribution in [-0.2, 0) is 15.6 Å². The molecule has 1 saturated heterocycles. The molecule has 0 amide bonds. The average Bonchev–Trinajstić information content (AvgIpc) is 3.21. The Balaban J connectivity index is 1.60. The van der Waals surface area contributed by atoms with Crippen molar-refractivity contribution in [3.05, 3.63) is 59.2 Å². The van der Waals surface area contributed by atoms with E-state index in [4.69, 9.17) is 10.1 Å². The maximum Gasteiger partial charge on any atom is 0.239 e. The van der Waals surface area contributed by atoms with Gasteiger partial charge in [0.15, 0.2) is 5.13 Å². The number of hydrogen-bond acceptors (Lipinski definition) is 7. The number of hydrogen-bond donors (Lipinski definition) is 3. The van der Waals surface area contributed by atoms with E-state index in [1.807, 2.05) is 29.6 Å². The number of nitrogens with one attached hydrogen (secondary N) is 3. The first-order valence-electron chi connectivity index (χ1n) is 9.62. The summed E-state index contributed by atoms with van der Waals surface area (Å²) in [6.07, 6.45) is 0. The maximum absolute atomic E-state index is 14.7. The Kier molecular flexibility index (Phi) is 5.55. The lowest BCUT2D eigenvalue weighted by molar-refractivity contribution is 0.403. The molecule has 0 aliphatic carbocycles. The number of benzene rings is 2. The second kappa shape index (κ2) is 8.06. The first-order chi connectivity index (χ1) is 15.1. The van der Waals surface area contributed by atoms with Gasteiger partial charge in [-0.1, -0.05) is 0 Å². The lowest BCUT2D eigenvalue weighted by atomic mass is 9.93. The number of guanidine groups is 1. The van der Waals surface area contributed by atoms with Crippen molar-refractivity contribution in [3.63, 3.8) is 0 Å². The monoisotopic (exact) mass is 475 g/mol. The van der Waals surface area contributed by atoms with Crippen LogP contribution in [0, 0.1) is 11.2 Å². The molecule has 1 fully saturated rings. The largest absolute Gasteiger partial charge is 0.497 e. The highest BCUT2D eigenvalue weighted by atomic mass is 32.2. The van der Waals surface area contributed by atoms with E-state index < -0.39 is 21.4 Å². The van der Waals surface area contributed by atoms with E-state index in [1.54, 1.807) is 26.2 Å². The first-order valence-corrected chi connectivity index (χ1v) is 12.1. The van der Waals surface area contributed by atoms with E-state index in [0.717, 1.165) is 21.3 Å². The second-order valence-corrected chi connectivity index (χ2v) is 10.5. The molecular weight excluding hydrogens is 453 g/mol. The van der Waals surface area contributed by atoms with E-state index in [1.165, 1.54) is 24.5 Å². The number of nitrogens with zero attached hydrogens (tertiary/aromatic N) is 2. The molecule has 0 spiro atoms. The summed E-state index contributed by atoms with van der Waals surface area (Å²) in [7, 11) is -0.846. The van der Waals surface area contributed by atoms with E-state index in [9.17, 15) is 12.8 Å². The molecule has 3 aromatic rings. The Hall–Kier alpha value is -3.18. The Morgan fingerprint density at radius 3 is 2.66 bits per heavy atom. The van der Waals surface area contributed by atoms with Gasteiger partial charge in [-0.3, -0.25) is 5.41 Å². The van der Waals surface area contributed by atoms with Crippen LogP contribution in [0.2, 0.25) is 0 Å². The van der Waals surface area contributed by atoms with Gasteiger partial charge in [0.1, 0.15) is 11.6 Å². The molecule has 4 rings (SSSR count). The lowest BCUT2D eigenvalue weighted by Crippen LogP contribution is -2.61. The van der Waals surface area contributed by atoms with Crippen LogP contribution in [-0.4, -0.2) is 43.6 Å². The van der Waals surface area contributed by atoms with Gasteiger partial charge in [0.05, 0.1) is 24.1 Å². The van der Waals surface area contributed by atoms with Crippen LogP contribution in [0.25, 0.3) is 11.3 Å². The number of rotatable bonds is 5. The van der Waals surface area contributed by atoms with Crippen molar-refractivity contribution in [2.45, 2.75) is 12.5 Å². The van der Waals surface area contributed by atoms with Crippen LogP contribution < -0.4 is 15.4 Å². The number of thiazole rings is 1. The minimum absolute atomic E-state index is 0.149. The first kappa shape index (κ1) is 22.0. The van der Waals surface area contributed by atoms with Crippen LogP contribution in [0.5, 0.6) is 5.75 Å². The summed E-state index contributed by atoms with van der Waals surface area (Å²) < 4.78 is 45.6. The summed E-state index contributed by atoms with van der Waals surface area (Å²) in [5.41, 5.74) is 1.13. The number of sulfonamides is 1. The Bertz CT molecular complexity index is 1280. The van der Waals surface area contributed by atoms with Gasteiger partial charge in [0.25, 0.3) is 0 Å². The third-order valence-corrected chi connectivity index (χ3v) is 8.02. The number of methoxy groups -OCH3 is 1. The molecule has 2 heterocycles. The Labute approximate surface area is 189 Å². The molecule has 0 bridgehead atoms. The smallest absolute Gasteiger partial charge is 0.239 e. The quantitative estimate of drug-likeness (QED) is 0.519.